The number of nitrogens with zero attached hydrogens (tertiary/aromatic N) is 1. The Morgan fingerprint density at radius 1 is 1.26 bits per heavy atom. The van der Waals surface area contributed by atoms with Crippen LogP contribution < -0.4 is 10.0 Å². The monoisotopic (exact) mass is 408 g/mol. The standard InChI is InChI=1S/C18H17ClN2O5S/c1-11-8-12-9-13(27(20,24)25)6-7-16(12)21(11)17(22)10-26-18(23)14-4-2-3-5-15(14)19/h2-7,9,11H,8,10H2,1H3,(H2,20,24,25). The van der Waals surface area contributed by atoms with Crippen molar-refractivity contribution in [2.45, 2.75) is 24.3 Å². The molecule has 0 aliphatic carbocycles. The van der Waals surface area contributed by atoms with Crippen molar-refractivity contribution in [2.24, 2.45) is 5.14 Å². The summed E-state index contributed by atoms with van der Waals surface area (Å²) in [6, 6.07) is 10.5. The van der Waals surface area contributed by atoms with Gasteiger partial charge in [0, 0.05) is 11.7 Å². The van der Waals surface area contributed by atoms with Crippen LogP contribution in [0.2, 0.25) is 5.02 Å². The molecule has 9 heteroatoms. The molecule has 2 aromatic rings. The SMILES string of the molecule is CC1Cc2cc(S(N)(=O)=O)ccc2N1C(=O)COC(=O)c1ccccc1Cl. The lowest BCUT2D eigenvalue weighted by molar-refractivity contribution is -0.122. The average Bonchev–Trinajstić information content (AvgIpc) is 2.94. The van der Waals surface area contributed by atoms with Crippen molar-refractivity contribution in [1.82, 2.24) is 0 Å². The molecule has 1 heterocycles. The number of ether oxygens (including phenoxy) is 1. The summed E-state index contributed by atoms with van der Waals surface area (Å²) in [5.74, 6) is -1.10. The van der Waals surface area contributed by atoms with Crippen LogP contribution in [0, 0.1) is 0 Å². The molecule has 1 aliphatic rings. The van der Waals surface area contributed by atoms with Crippen molar-refractivity contribution >= 4 is 39.2 Å². The Morgan fingerprint density at radius 3 is 2.63 bits per heavy atom. The van der Waals surface area contributed by atoms with E-state index < -0.39 is 28.5 Å². The minimum absolute atomic E-state index is 0.00658. The maximum atomic E-state index is 12.6. The zero-order valence-corrected chi connectivity index (χ0v) is 16.0. The lowest BCUT2D eigenvalue weighted by Crippen LogP contribution is -2.38. The van der Waals surface area contributed by atoms with E-state index in [9.17, 15) is 18.0 Å². The Balaban J connectivity index is 1.75. The summed E-state index contributed by atoms with van der Waals surface area (Å²) in [5, 5.41) is 5.39. The number of sulfonamides is 1. The molecule has 0 radical (unpaired) electrons. The Hall–Kier alpha value is -2.42. The Morgan fingerprint density at radius 2 is 1.96 bits per heavy atom. The van der Waals surface area contributed by atoms with Gasteiger partial charge >= 0.3 is 5.97 Å². The van der Waals surface area contributed by atoms with E-state index in [1.165, 1.54) is 29.2 Å². The molecular formula is C18H17ClN2O5S. The van der Waals surface area contributed by atoms with E-state index in [4.69, 9.17) is 21.5 Å². The first kappa shape index (κ1) is 19.3. The quantitative estimate of drug-likeness (QED) is 0.780. The molecule has 27 heavy (non-hydrogen) atoms. The number of benzene rings is 2. The van der Waals surface area contributed by atoms with Gasteiger partial charge in [-0.15, -0.1) is 0 Å². The summed E-state index contributed by atoms with van der Waals surface area (Å²) >= 11 is 5.95. The van der Waals surface area contributed by atoms with Crippen LogP contribution in [-0.4, -0.2) is 32.9 Å². The van der Waals surface area contributed by atoms with E-state index in [1.54, 1.807) is 18.2 Å². The van der Waals surface area contributed by atoms with Crippen molar-refractivity contribution in [3.05, 3.63) is 58.6 Å². The number of nitrogens with two attached hydrogens (primary N) is 1. The second-order valence-corrected chi connectivity index (χ2v) is 8.18. The highest BCUT2D eigenvalue weighted by molar-refractivity contribution is 7.89. The van der Waals surface area contributed by atoms with Gasteiger partial charge in [-0.1, -0.05) is 23.7 Å². The number of esters is 1. The van der Waals surface area contributed by atoms with E-state index in [0.29, 0.717) is 17.7 Å². The smallest absolute Gasteiger partial charge is 0.340 e. The highest BCUT2D eigenvalue weighted by Crippen LogP contribution is 2.33. The molecule has 1 aliphatic heterocycles. The topological polar surface area (TPSA) is 107 Å². The molecule has 1 atom stereocenters. The van der Waals surface area contributed by atoms with Gasteiger partial charge in [-0.05, 0) is 49.2 Å². The summed E-state index contributed by atoms with van der Waals surface area (Å²) < 4.78 is 28.1. The molecule has 3 rings (SSSR count). The van der Waals surface area contributed by atoms with Crippen molar-refractivity contribution in [3.8, 4) is 0 Å². The minimum atomic E-state index is -3.82. The van der Waals surface area contributed by atoms with Gasteiger partial charge in [-0.2, -0.15) is 0 Å². The first-order chi connectivity index (χ1) is 12.7. The summed E-state index contributed by atoms with van der Waals surface area (Å²) in [4.78, 5) is 26.2. The molecule has 0 aromatic heterocycles. The molecule has 0 spiro atoms. The predicted molar refractivity (Wildman–Crippen MR) is 100 cm³/mol. The number of primary sulfonamides is 1. The molecule has 1 unspecified atom stereocenters. The van der Waals surface area contributed by atoms with Gasteiger partial charge in [0.25, 0.3) is 5.91 Å². The Kier molecular flexibility index (Phi) is 5.23. The van der Waals surface area contributed by atoms with Crippen molar-refractivity contribution in [1.29, 1.82) is 0 Å². The number of rotatable bonds is 4. The zero-order valence-electron chi connectivity index (χ0n) is 14.4. The van der Waals surface area contributed by atoms with Crippen LogP contribution in [0.25, 0.3) is 0 Å². The van der Waals surface area contributed by atoms with E-state index in [2.05, 4.69) is 0 Å². The third kappa shape index (κ3) is 3.97. The van der Waals surface area contributed by atoms with Gasteiger partial charge < -0.3 is 9.64 Å². The fourth-order valence-electron chi connectivity index (χ4n) is 3.07. The van der Waals surface area contributed by atoms with Gasteiger partial charge in [0.1, 0.15) is 0 Å². The molecule has 2 N–H and O–H groups in total. The summed E-state index contributed by atoms with van der Waals surface area (Å²) in [7, 11) is -3.82. The number of fused-ring (bicyclic) bond motifs is 1. The van der Waals surface area contributed by atoms with Crippen LogP contribution >= 0.6 is 11.6 Å². The lowest BCUT2D eigenvalue weighted by Gasteiger charge is -2.22. The fraction of sp³-hybridized carbons (Fsp3) is 0.222. The van der Waals surface area contributed by atoms with Crippen LogP contribution in [0.3, 0.4) is 0 Å². The number of hydrogen-bond acceptors (Lipinski definition) is 5. The third-order valence-electron chi connectivity index (χ3n) is 4.28. The number of carbonyl (C=O) groups is 2. The lowest BCUT2D eigenvalue weighted by atomic mass is 10.1. The molecule has 1 amide bonds. The number of hydrogen-bond donors (Lipinski definition) is 1. The first-order valence-corrected chi connectivity index (χ1v) is 10.0. The van der Waals surface area contributed by atoms with E-state index >= 15 is 0 Å². The van der Waals surface area contributed by atoms with Crippen LogP contribution in [0.5, 0.6) is 0 Å². The minimum Gasteiger partial charge on any atom is -0.452 e. The van der Waals surface area contributed by atoms with Crippen LogP contribution in [-0.2, 0) is 26.0 Å². The number of carbonyl (C=O) groups excluding carboxylic acids is 2. The number of anilines is 1. The Labute approximate surface area is 161 Å². The van der Waals surface area contributed by atoms with Crippen LogP contribution in [0.4, 0.5) is 5.69 Å². The molecule has 142 valence electrons. The maximum absolute atomic E-state index is 12.6. The molecule has 0 saturated carbocycles. The normalized spacial score (nSPS) is 16.1. The van der Waals surface area contributed by atoms with Crippen LogP contribution in [0.15, 0.2) is 47.4 Å². The van der Waals surface area contributed by atoms with E-state index in [-0.39, 0.29) is 21.5 Å². The molecular weight excluding hydrogens is 392 g/mol. The van der Waals surface area contributed by atoms with Crippen molar-refractivity contribution in [2.75, 3.05) is 11.5 Å². The summed E-state index contributed by atoms with van der Waals surface area (Å²) in [6.07, 6.45) is 0.475. The highest BCUT2D eigenvalue weighted by atomic mass is 35.5. The van der Waals surface area contributed by atoms with Gasteiger partial charge in [0.15, 0.2) is 6.61 Å². The second kappa shape index (κ2) is 7.30. The molecule has 0 fully saturated rings. The first-order valence-electron chi connectivity index (χ1n) is 8.08. The Bertz CT molecular complexity index is 1020. The molecule has 0 bridgehead atoms. The number of amides is 1. The van der Waals surface area contributed by atoms with E-state index in [1.807, 2.05) is 6.92 Å². The second-order valence-electron chi connectivity index (χ2n) is 6.21. The number of halogens is 1. The molecule has 7 nitrogen and oxygen atoms in total. The van der Waals surface area contributed by atoms with E-state index in [0.717, 1.165) is 0 Å². The van der Waals surface area contributed by atoms with Gasteiger partial charge in [-0.25, -0.2) is 18.4 Å². The maximum Gasteiger partial charge on any atom is 0.340 e. The fourth-order valence-corrected chi connectivity index (χ4v) is 3.84. The summed E-state index contributed by atoms with van der Waals surface area (Å²) in [6.45, 7) is 1.37. The molecule has 2 aromatic carbocycles. The van der Waals surface area contributed by atoms with Gasteiger partial charge in [0.2, 0.25) is 10.0 Å². The van der Waals surface area contributed by atoms with Crippen molar-refractivity contribution < 1.29 is 22.7 Å². The third-order valence-corrected chi connectivity index (χ3v) is 5.52. The zero-order chi connectivity index (χ0) is 19.8. The molecule has 0 saturated heterocycles. The van der Waals surface area contributed by atoms with Gasteiger partial charge in [-0.3, -0.25) is 4.79 Å². The summed E-state index contributed by atoms with van der Waals surface area (Å²) in [5.41, 5.74) is 1.45. The largest absolute Gasteiger partial charge is 0.452 e. The van der Waals surface area contributed by atoms with Gasteiger partial charge in [0.05, 0.1) is 15.5 Å². The predicted octanol–water partition coefficient (Wildman–Crippen LogP) is 2.12. The average molecular weight is 409 g/mol. The van der Waals surface area contributed by atoms with Crippen molar-refractivity contribution in [3.63, 3.8) is 0 Å². The highest BCUT2D eigenvalue weighted by Gasteiger charge is 2.32. The van der Waals surface area contributed by atoms with Crippen LogP contribution in [0.1, 0.15) is 22.8 Å².